The van der Waals surface area contributed by atoms with Crippen molar-refractivity contribution in [2.45, 2.75) is 50.7 Å². The second-order valence-electron chi connectivity index (χ2n) is 9.20. The number of nitrogens with zero attached hydrogens (tertiary/aromatic N) is 2. The van der Waals surface area contributed by atoms with Gasteiger partial charge in [-0.15, -0.1) is 11.3 Å². The lowest BCUT2D eigenvalue weighted by molar-refractivity contribution is -0.194. The smallest absolute Gasteiger partial charge is 0.355 e. The van der Waals surface area contributed by atoms with Crippen LogP contribution in [-0.2, 0) is 11.2 Å². The zero-order valence-corrected chi connectivity index (χ0v) is 20.9. The maximum absolute atomic E-state index is 14.6. The van der Waals surface area contributed by atoms with Gasteiger partial charge in [-0.3, -0.25) is 9.59 Å². The SMILES string of the molecule is CNC(=O)c1ccc(C[C@@H](CNC(=O)C[C@@H](c2cnc(C)s2)C2(C(F)(F)F)CC2)N(C)C)c(F)c1. The van der Waals surface area contributed by atoms with Crippen LogP contribution in [0.4, 0.5) is 17.6 Å². The molecule has 1 aliphatic rings. The summed E-state index contributed by atoms with van der Waals surface area (Å²) in [6, 6.07) is 3.91. The number of thiazole rings is 1. The van der Waals surface area contributed by atoms with Crippen molar-refractivity contribution in [2.75, 3.05) is 27.7 Å². The van der Waals surface area contributed by atoms with Gasteiger partial charge in [0, 0.05) is 48.6 Å². The molecule has 6 nitrogen and oxygen atoms in total. The third-order valence-electron chi connectivity index (χ3n) is 6.66. The molecule has 2 atom stereocenters. The van der Waals surface area contributed by atoms with Gasteiger partial charge >= 0.3 is 6.18 Å². The standard InChI is InChI=1S/C24H30F4N4O2S/c1-14-30-13-20(35-14)18(23(7-8-23)24(26,27)28)11-21(33)31-12-17(32(3)4)9-15-5-6-16(10-19(15)25)22(34)29-2/h5-6,10,13,17-18H,7-9,11-12H2,1-4H3,(H,29,34)(H,31,33)/t17-,18-/m0/s1. The Balaban J connectivity index is 1.68. The summed E-state index contributed by atoms with van der Waals surface area (Å²) in [4.78, 5) is 30.9. The molecule has 1 aromatic carbocycles. The summed E-state index contributed by atoms with van der Waals surface area (Å²) in [6.45, 7) is 1.86. The van der Waals surface area contributed by atoms with Crippen LogP contribution in [0.2, 0.25) is 0 Å². The zero-order valence-electron chi connectivity index (χ0n) is 20.1. The molecular weight excluding hydrogens is 484 g/mol. The molecule has 0 radical (unpaired) electrons. The summed E-state index contributed by atoms with van der Waals surface area (Å²) in [5, 5.41) is 5.84. The Labute approximate surface area is 206 Å². The summed E-state index contributed by atoms with van der Waals surface area (Å²) < 4.78 is 56.2. The van der Waals surface area contributed by atoms with Crippen molar-refractivity contribution in [3.8, 4) is 0 Å². The van der Waals surface area contributed by atoms with Gasteiger partial charge in [0.2, 0.25) is 5.91 Å². The van der Waals surface area contributed by atoms with Crippen LogP contribution >= 0.6 is 11.3 Å². The highest BCUT2D eigenvalue weighted by Crippen LogP contribution is 2.66. The van der Waals surface area contributed by atoms with E-state index < -0.39 is 35.1 Å². The lowest BCUT2D eigenvalue weighted by Gasteiger charge is -2.29. The number of hydrogen-bond acceptors (Lipinski definition) is 5. The molecule has 1 aromatic heterocycles. The minimum absolute atomic E-state index is 0.00293. The fraction of sp³-hybridized carbons (Fsp3) is 0.542. The van der Waals surface area contributed by atoms with Crippen LogP contribution in [0, 0.1) is 18.2 Å². The van der Waals surface area contributed by atoms with E-state index in [1.54, 1.807) is 21.0 Å². The summed E-state index contributed by atoms with van der Waals surface area (Å²) >= 11 is 1.19. The number of alkyl halides is 3. The molecule has 0 saturated heterocycles. The Morgan fingerprint density at radius 1 is 1.26 bits per heavy atom. The van der Waals surface area contributed by atoms with E-state index in [1.165, 1.54) is 36.7 Å². The van der Waals surface area contributed by atoms with Crippen molar-refractivity contribution in [2.24, 2.45) is 5.41 Å². The molecule has 2 aromatic rings. The molecule has 1 fully saturated rings. The van der Waals surface area contributed by atoms with Crippen molar-refractivity contribution in [3.05, 3.63) is 51.2 Å². The predicted octanol–water partition coefficient (Wildman–Crippen LogP) is 4.06. The third-order valence-corrected chi connectivity index (χ3v) is 7.68. The number of amides is 2. The largest absolute Gasteiger partial charge is 0.395 e. The lowest BCUT2D eigenvalue weighted by Crippen LogP contribution is -2.42. The first kappa shape index (κ1) is 27.1. The number of rotatable bonds is 10. The van der Waals surface area contributed by atoms with E-state index in [2.05, 4.69) is 15.6 Å². The summed E-state index contributed by atoms with van der Waals surface area (Å²) in [7, 11) is 5.01. The molecule has 11 heteroatoms. The molecule has 0 unspecified atom stereocenters. The molecule has 1 heterocycles. The van der Waals surface area contributed by atoms with Crippen molar-refractivity contribution in [1.82, 2.24) is 20.5 Å². The zero-order chi connectivity index (χ0) is 26.0. The molecule has 35 heavy (non-hydrogen) atoms. The highest BCUT2D eigenvalue weighted by Gasteiger charge is 2.67. The monoisotopic (exact) mass is 514 g/mol. The van der Waals surface area contributed by atoms with Gasteiger partial charge in [-0.25, -0.2) is 9.37 Å². The van der Waals surface area contributed by atoms with Crippen molar-refractivity contribution in [3.63, 3.8) is 0 Å². The molecule has 3 rings (SSSR count). The average molecular weight is 515 g/mol. The Hall–Kier alpha value is -2.53. The van der Waals surface area contributed by atoms with Gasteiger partial charge in [-0.1, -0.05) is 6.07 Å². The second kappa shape index (κ2) is 10.6. The van der Waals surface area contributed by atoms with Gasteiger partial charge in [0.05, 0.1) is 10.4 Å². The fourth-order valence-corrected chi connectivity index (χ4v) is 5.25. The minimum Gasteiger partial charge on any atom is -0.355 e. The Bertz CT molecular complexity index is 1070. The van der Waals surface area contributed by atoms with Gasteiger partial charge in [0.1, 0.15) is 5.82 Å². The third kappa shape index (κ3) is 6.19. The van der Waals surface area contributed by atoms with Gasteiger partial charge in [-0.05, 0) is 58.0 Å². The molecule has 1 saturated carbocycles. The van der Waals surface area contributed by atoms with Crippen molar-refractivity contribution in [1.29, 1.82) is 0 Å². The highest BCUT2D eigenvalue weighted by molar-refractivity contribution is 7.11. The van der Waals surface area contributed by atoms with Crippen LogP contribution in [0.3, 0.4) is 0 Å². The van der Waals surface area contributed by atoms with E-state index in [0.29, 0.717) is 15.4 Å². The summed E-state index contributed by atoms with van der Waals surface area (Å²) in [6.07, 6.45) is -3.01. The fourth-order valence-electron chi connectivity index (χ4n) is 4.25. The molecule has 0 aliphatic heterocycles. The second-order valence-corrected chi connectivity index (χ2v) is 10.5. The van der Waals surface area contributed by atoms with Gasteiger partial charge in [-0.2, -0.15) is 13.2 Å². The molecule has 192 valence electrons. The Morgan fingerprint density at radius 3 is 2.43 bits per heavy atom. The first-order valence-corrected chi connectivity index (χ1v) is 12.1. The van der Waals surface area contributed by atoms with Crippen LogP contribution in [0.5, 0.6) is 0 Å². The Morgan fingerprint density at radius 2 is 1.94 bits per heavy atom. The summed E-state index contributed by atoms with van der Waals surface area (Å²) in [5.74, 6) is -2.41. The van der Waals surface area contributed by atoms with Crippen LogP contribution in [0.25, 0.3) is 0 Å². The molecule has 0 bridgehead atoms. The van der Waals surface area contributed by atoms with Crippen molar-refractivity contribution < 1.29 is 27.2 Å². The van der Waals surface area contributed by atoms with Gasteiger partial charge in [0.25, 0.3) is 5.91 Å². The van der Waals surface area contributed by atoms with E-state index in [0.717, 1.165) is 6.07 Å². The number of hydrogen-bond donors (Lipinski definition) is 2. The number of nitrogens with one attached hydrogen (secondary N) is 2. The molecule has 1 aliphatic carbocycles. The van der Waals surface area contributed by atoms with E-state index in [4.69, 9.17) is 0 Å². The number of aromatic nitrogens is 1. The van der Waals surface area contributed by atoms with Gasteiger partial charge < -0.3 is 15.5 Å². The van der Waals surface area contributed by atoms with Crippen LogP contribution in [-0.4, -0.2) is 61.6 Å². The minimum atomic E-state index is -4.40. The maximum Gasteiger partial charge on any atom is 0.395 e. The number of aryl methyl sites for hydroxylation is 1. The molecular formula is C24H30F4N4O2S. The normalized spacial score (nSPS) is 16.6. The topological polar surface area (TPSA) is 74.3 Å². The highest BCUT2D eigenvalue weighted by atomic mass is 32.1. The number of halogens is 4. The molecule has 2 N–H and O–H groups in total. The lowest BCUT2D eigenvalue weighted by atomic mass is 9.84. The number of carbonyl (C=O) groups excluding carboxylic acids is 2. The molecule has 2 amide bonds. The predicted molar refractivity (Wildman–Crippen MR) is 126 cm³/mol. The number of likely N-dealkylation sites (N-methyl/N-ethyl adjacent to an activating group) is 1. The van der Waals surface area contributed by atoms with E-state index in [9.17, 15) is 27.2 Å². The van der Waals surface area contributed by atoms with E-state index in [-0.39, 0.29) is 43.8 Å². The number of carbonyl (C=O) groups is 2. The van der Waals surface area contributed by atoms with Crippen LogP contribution in [0.1, 0.15) is 51.0 Å². The average Bonchev–Trinajstić information content (AvgIpc) is 3.50. The Kier molecular flexibility index (Phi) is 8.21. The number of benzene rings is 1. The van der Waals surface area contributed by atoms with Gasteiger partial charge in [0.15, 0.2) is 0 Å². The van der Waals surface area contributed by atoms with Crippen LogP contribution in [0.15, 0.2) is 24.4 Å². The van der Waals surface area contributed by atoms with Crippen molar-refractivity contribution >= 4 is 23.2 Å². The van der Waals surface area contributed by atoms with Crippen LogP contribution < -0.4 is 10.6 Å². The maximum atomic E-state index is 14.6. The molecule has 0 spiro atoms. The first-order chi connectivity index (χ1) is 16.4. The van der Waals surface area contributed by atoms with E-state index >= 15 is 0 Å². The quantitative estimate of drug-likeness (QED) is 0.469. The van der Waals surface area contributed by atoms with E-state index in [1.807, 2.05) is 4.90 Å². The first-order valence-electron chi connectivity index (χ1n) is 11.3. The summed E-state index contributed by atoms with van der Waals surface area (Å²) in [5.41, 5.74) is -1.32.